The number of nitrogens with one attached hydrogen (secondary N) is 1. The van der Waals surface area contributed by atoms with Gasteiger partial charge in [0.2, 0.25) is 6.79 Å². The first-order chi connectivity index (χ1) is 12.7. The van der Waals surface area contributed by atoms with Gasteiger partial charge in [0.15, 0.2) is 11.5 Å². The van der Waals surface area contributed by atoms with Crippen molar-refractivity contribution in [1.82, 2.24) is 5.32 Å². The average Bonchev–Trinajstić information content (AvgIpc) is 3.15. The van der Waals surface area contributed by atoms with Gasteiger partial charge in [-0.3, -0.25) is 4.79 Å². The predicted octanol–water partition coefficient (Wildman–Crippen LogP) is 4.16. The van der Waals surface area contributed by atoms with Gasteiger partial charge in [0, 0.05) is 17.7 Å². The molecule has 0 radical (unpaired) electrons. The van der Waals surface area contributed by atoms with Crippen LogP contribution < -0.4 is 19.5 Å². The quantitative estimate of drug-likeness (QED) is 0.750. The number of ether oxygens (including phenoxy) is 3. The topological polar surface area (TPSA) is 56.8 Å². The smallest absolute Gasteiger partial charge is 0.251 e. The van der Waals surface area contributed by atoms with Crippen molar-refractivity contribution in [1.29, 1.82) is 0 Å². The van der Waals surface area contributed by atoms with Crippen molar-refractivity contribution in [2.75, 3.05) is 13.9 Å². The van der Waals surface area contributed by atoms with Crippen LogP contribution in [-0.4, -0.2) is 19.8 Å². The average molecular weight is 370 g/mol. The highest BCUT2D eigenvalue weighted by atomic mass is 35.5. The minimum absolute atomic E-state index is 0.104. The number of halogens is 1. The molecule has 0 spiro atoms. The van der Waals surface area contributed by atoms with E-state index in [1.165, 1.54) is 0 Å². The first-order valence-corrected chi connectivity index (χ1v) is 8.47. The molecule has 0 aromatic heterocycles. The second-order valence-corrected chi connectivity index (χ2v) is 6.25. The summed E-state index contributed by atoms with van der Waals surface area (Å²) in [6, 6.07) is 15.1. The van der Waals surface area contributed by atoms with E-state index < -0.39 is 0 Å². The molecule has 6 heteroatoms. The van der Waals surface area contributed by atoms with Gasteiger partial charge in [-0.25, -0.2) is 0 Å². The van der Waals surface area contributed by atoms with Crippen molar-refractivity contribution in [3.8, 4) is 17.2 Å². The number of hydrogen-bond donors (Lipinski definition) is 1. The Kier molecular flexibility index (Phi) is 4.31. The van der Waals surface area contributed by atoms with Crippen LogP contribution in [-0.2, 0) is 6.54 Å². The number of amides is 1. The summed E-state index contributed by atoms with van der Waals surface area (Å²) in [5.74, 6) is 1.43. The molecular formula is C20H16ClNO4. The highest BCUT2D eigenvalue weighted by molar-refractivity contribution is 6.32. The zero-order valence-electron chi connectivity index (χ0n) is 14.0. The van der Waals surface area contributed by atoms with Crippen molar-refractivity contribution in [3.05, 3.63) is 64.7 Å². The number of benzene rings is 3. The number of carbonyl (C=O) groups is 1. The van der Waals surface area contributed by atoms with Gasteiger partial charge in [-0.2, -0.15) is 0 Å². The Balaban J connectivity index is 1.61. The zero-order chi connectivity index (χ0) is 18.1. The molecular weight excluding hydrogens is 354 g/mol. The van der Waals surface area contributed by atoms with Gasteiger partial charge in [-0.1, -0.05) is 41.9 Å². The number of methoxy groups -OCH3 is 1. The molecule has 0 saturated carbocycles. The number of rotatable bonds is 4. The number of carbonyl (C=O) groups excluding carboxylic acids is 1. The molecule has 1 N–H and O–H groups in total. The van der Waals surface area contributed by atoms with Gasteiger partial charge >= 0.3 is 0 Å². The third-order valence-electron chi connectivity index (χ3n) is 4.33. The van der Waals surface area contributed by atoms with Crippen LogP contribution in [0.2, 0.25) is 5.02 Å². The highest BCUT2D eigenvalue weighted by Gasteiger charge is 2.21. The standard InChI is InChI=1S/C20H16ClNO4/c1-24-17-7-6-12-4-2-3-5-14(12)15(17)10-22-20(23)13-8-16(21)19-18(9-13)25-11-26-19/h2-9H,10-11H2,1H3,(H,22,23). The summed E-state index contributed by atoms with van der Waals surface area (Å²) in [5, 5.41) is 5.41. The van der Waals surface area contributed by atoms with Crippen LogP contribution in [0.3, 0.4) is 0 Å². The van der Waals surface area contributed by atoms with Gasteiger partial charge in [-0.05, 0) is 29.0 Å². The van der Waals surface area contributed by atoms with E-state index in [1.54, 1.807) is 19.2 Å². The van der Waals surface area contributed by atoms with E-state index in [1.807, 2.05) is 36.4 Å². The molecule has 0 fully saturated rings. The van der Waals surface area contributed by atoms with Gasteiger partial charge in [0.25, 0.3) is 5.91 Å². The van der Waals surface area contributed by atoms with E-state index in [0.717, 1.165) is 22.1 Å². The summed E-state index contributed by atoms with van der Waals surface area (Å²) in [5.41, 5.74) is 1.34. The number of hydrogen-bond acceptors (Lipinski definition) is 4. The van der Waals surface area contributed by atoms with E-state index in [9.17, 15) is 4.79 Å². The molecule has 1 aliphatic heterocycles. The van der Waals surface area contributed by atoms with E-state index >= 15 is 0 Å². The lowest BCUT2D eigenvalue weighted by atomic mass is 10.0. The molecule has 0 atom stereocenters. The number of fused-ring (bicyclic) bond motifs is 2. The van der Waals surface area contributed by atoms with Crippen LogP contribution in [0.1, 0.15) is 15.9 Å². The summed E-state index contributed by atoms with van der Waals surface area (Å²) in [7, 11) is 1.62. The summed E-state index contributed by atoms with van der Waals surface area (Å²) in [4.78, 5) is 12.6. The Morgan fingerprint density at radius 1 is 1.19 bits per heavy atom. The monoisotopic (exact) mass is 369 g/mol. The van der Waals surface area contributed by atoms with E-state index in [2.05, 4.69) is 5.32 Å². The van der Waals surface area contributed by atoms with Gasteiger partial charge < -0.3 is 19.5 Å². The van der Waals surface area contributed by atoms with Crippen LogP contribution in [0.25, 0.3) is 10.8 Å². The maximum Gasteiger partial charge on any atom is 0.251 e. The first-order valence-electron chi connectivity index (χ1n) is 8.09. The molecule has 0 unspecified atom stereocenters. The van der Waals surface area contributed by atoms with E-state index in [0.29, 0.717) is 28.6 Å². The molecule has 26 heavy (non-hydrogen) atoms. The Morgan fingerprint density at radius 3 is 2.88 bits per heavy atom. The minimum Gasteiger partial charge on any atom is -0.496 e. The second-order valence-electron chi connectivity index (χ2n) is 5.84. The summed E-state index contributed by atoms with van der Waals surface area (Å²) in [6.45, 7) is 0.433. The van der Waals surface area contributed by atoms with Crippen LogP contribution in [0.15, 0.2) is 48.5 Å². The van der Waals surface area contributed by atoms with Crippen LogP contribution in [0.4, 0.5) is 0 Å². The summed E-state index contributed by atoms with van der Waals surface area (Å²) in [6.07, 6.45) is 0. The van der Waals surface area contributed by atoms with E-state index in [-0.39, 0.29) is 12.7 Å². The lowest BCUT2D eigenvalue weighted by molar-refractivity contribution is 0.0950. The molecule has 1 aliphatic rings. The fourth-order valence-electron chi connectivity index (χ4n) is 3.06. The maximum absolute atomic E-state index is 12.6. The van der Waals surface area contributed by atoms with Crippen molar-refractivity contribution in [2.45, 2.75) is 6.54 Å². The summed E-state index contributed by atoms with van der Waals surface area (Å²) >= 11 is 6.16. The zero-order valence-corrected chi connectivity index (χ0v) is 14.8. The fourth-order valence-corrected chi connectivity index (χ4v) is 3.32. The third-order valence-corrected chi connectivity index (χ3v) is 4.61. The first kappa shape index (κ1) is 16.5. The Bertz CT molecular complexity index is 1000. The van der Waals surface area contributed by atoms with Crippen molar-refractivity contribution >= 4 is 28.3 Å². The van der Waals surface area contributed by atoms with E-state index in [4.69, 9.17) is 25.8 Å². The molecule has 5 nitrogen and oxygen atoms in total. The van der Waals surface area contributed by atoms with Crippen molar-refractivity contribution in [2.24, 2.45) is 0 Å². The van der Waals surface area contributed by atoms with Gasteiger partial charge in [-0.15, -0.1) is 0 Å². The van der Waals surface area contributed by atoms with Gasteiger partial charge in [0.1, 0.15) is 5.75 Å². The highest BCUT2D eigenvalue weighted by Crippen LogP contribution is 2.39. The molecule has 1 heterocycles. The van der Waals surface area contributed by atoms with Gasteiger partial charge in [0.05, 0.1) is 12.1 Å². The molecule has 0 bridgehead atoms. The second kappa shape index (κ2) is 6.77. The third kappa shape index (κ3) is 2.91. The molecule has 0 saturated heterocycles. The SMILES string of the molecule is COc1ccc2ccccc2c1CNC(=O)c1cc(Cl)c2c(c1)OCO2. The van der Waals surface area contributed by atoms with Crippen LogP contribution in [0, 0.1) is 0 Å². The predicted molar refractivity (Wildman–Crippen MR) is 99.2 cm³/mol. The Hall–Kier alpha value is -2.92. The molecule has 132 valence electrons. The Labute approximate surface area is 155 Å². The molecule has 3 aromatic carbocycles. The molecule has 0 aliphatic carbocycles. The molecule has 1 amide bonds. The Morgan fingerprint density at radius 2 is 2.04 bits per heavy atom. The van der Waals surface area contributed by atoms with Crippen molar-refractivity contribution in [3.63, 3.8) is 0 Å². The van der Waals surface area contributed by atoms with Crippen molar-refractivity contribution < 1.29 is 19.0 Å². The normalized spacial score (nSPS) is 12.2. The molecule has 3 aromatic rings. The minimum atomic E-state index is -0.250. The van der Waals surface area contributed by atoms with Crippen LogP contribution >= 0.6 is 11.6 Å². The largest absolute Gasteiger partial charge is 0.496 e. The molecule has 4 rings (SSSR count). The fraction of sp³-hybridized carbons (Fsp3) is 0.150. The lowest BCUT2D eigenvalue weighted by Crippen LogP contribution is -2.23. The summed E-state index contributed by atoms with van der Waals surface area (Å²) < 4.78 is 16.1. The van der Waals surface area contributed by atoms with Crippen LogP contribution in [0.5, 0.6) is 17.2 Å². The maximum atomic E-state index is 12.6. The lowest BCUT2D eigenvalue weighted by Gasteiger charge is -2.13.